The Morgan fingerprint density at radius 2 is 1.91 bits per heavy atom. The van der Waals surface area contributed by atoms with Crippen molar-refractivity contribution in [3.63, 3.8) is 0 Å². The molecule has 2 bridgehead atoms. The minimum atomic E-state index is -0.838. The summed E-state index contributed by atoms with van der Waals surface area (Å²) in [6, 6.07) is 8.79. The Kier molecular flexibility index (Phi) is 5.31. The van der Waals surface area contributed by atoms with Gasteiger partial charge in [-0.1, -0.05) is 23.2 Å². The third kappa shape index (κ3) is 3.83. The zero-order chi connectivity index (χ0) is 22.6. The van der Waals surface area contributed by atoms with Crippen LogP contribution in [0.3, 0.4) is 0 Å². The lowest BCUT2D eigenvalue weighted by atomic mass is 9.76. The molecule has 0 aromatic heterocycles. The number of aliphatic hydroxyl groups is 1. The lowest BCUT2D eigenvalue weighted by Crippen LogP contribution is -2.56. The fourth-order valence-electron chi connectivity index (χ4n) is 5.11. The highest BCUT2D eigenvalue weighted by Gasteiger charge is 2.57. The minimum Gasteiger partial charge on any atom is -0.480 e. The average molecular weight is 479 g/mol. The maximum atomic E-state index is 13.7. The first kappa shape index (κ1) is 21.5. The van der Waals surface area contributed by atoms with E-state index >= 15 is 0 Å². The van der Waals surface area contributed by atoms with Crippen molar-refractivity contribution in [2.45, 2.75) is 49.5 Å². The molecule has 168 valence electrons. The number of carbonyl (C=O) groups excluding carboxylic acids is 2. The van der Waals surface area contributed by atoms with Crippen molar-refractivity contribution in [1.29, 1.82) is 0 Å². The number of carbonyl (C=O) groups is 2. The van der Waals surface area contributed by atoms with Gasteiger partial charge in [-0.25, -0.2) is 4.39 Å². The van der Waals surface area contributed by atoms with E-state index in [2.05, 4.69) is 10.6 Å². The van der Waals surface area contributed by atoms with E-state index < -0.39 is 23.6 Å². The summed E-state index contributed by atoms with van der Waals surface area (Å²) in [6.07, 6.45) is 0.585. The van der Waals surface area contributed by atoms with Crippen LogP contribution < -0.4 is 15.4 Å². The van der Waals surface area contributed by atoms with E-state index in [9.17, 15) is 19.1 Å². The summed E-state index contributed by atoms with van der Waals surface area (Å²) in [4.78, 5) is 25.4. The smallest absolute Gasteiger partial charge is 0.261 e. The Bertz CT molecular complexity index is 1110. The van der Waals surface area contributed by atoms with Gasteiger partial charge in [-0.05, 0) is 61.6 Å². The molecule has 3 aliphatic carbocycles. The highest BCUT2D eigenvalue weighted by atomic mass is 35.5. The number of fused-ring (bicyclic) bond motifs is 2. The number of hydrogen-bond acceptors (Lipinski definition) is 4. The highest BCUT2D eigenvalue weighted by molar-refractivity contribution is 6.31. The molecule has 3 atom stereocenters. The maximum Gasteiger partial charge on any atom is 0.261 e. The van der Waals surface area contributed by atoms with Crippen molar-refractivity contribution in [2.75, 3.05) is 0 Å². The summed E-state index contributed by atoms with van der Waals surface area (Å²) in [5, 5.41) is 16.9. The fraction of sp³-hybridized carbons (Fsp3) is 0.391. The van der Waals surface area contributed by atoms with Gasteiger partial charge in [0.1, 0.15) is 11.6 Å². The van der Waals surface area contributed by atoms with Crippen molar-refractivity contribution in [2.24, 2.45) is 5.92 Å². The average Bonchev–Trinajstić information content (AvgIpc) is 3.23. The summed E-state index contributed by atoms with van der Waals surface area (Å²) in [5.41, 5.74) is 0.377. The van der Waals surface area contributed by atoms with Gasteiger partial charge >= 0.3 is 0 Å². The summed E-state index contributed by atoms with van der Waals surface area (Å²) >= 11 is 11.7. The van der Waals surface area contributed by atoms with E-state index in [1.165, 1.54) is 12.1 Å². The Hall–Kier alpha value is -2.35. The second-order valence-corrected chi connectivity index (χ2v) is 9.73. The van der Waals surface area contributed by atoms with Gasteiger partial charge in [-0.3, -0.25) is 9.59 Å². The number of rotatable bonds is 4. The van der Waals surface area contributed by atoms with E-state index in [1.54, 1.807) is 18.2 Å². The van der Waals surface area contributed by atoms with Crippen molar-refractivity contribution in [3.8, 4) is 5.75 Å². The van der Waals surface area contributed by atoms with Gasteiger partial charge in [0, 0.05) is 34.2 Å². The molecule has 2 amide bonds. The molecule has 0 spiro atoms. The second kappa shape index (κ2) is 7.90. The molecule has 1 aliphatic heterocycles. The fourth-order valence-corrected chi connectivity index (χ4v) is 5.41. The lowest BCUT2D eigenvalue weighted by Gasteiger charge is -2.40. The first-order valence-electron chi connectivity index (χ1n) is 10.5. The minimum absolute atomic E-state index is 0.0351. The molecular formula is C23H21Cl2FN2O4. The van der Waals surface area contributed by atoms with Crippen LogP contribution in [0.2, 0.25) is 10.0 Å². The van der Waals surface area contributed by atoms with Gasteiger partial charge in [0.15, 0.2) is 6.10 Å². The molecule has 1 heterocycles. The Morgan fingerprint density at radius 3 is 2.66 bits per heavy atom. The summed E-state index contributed by atoms with van der Waals surface area (Å²) < 4.78 is 19.5. The predicted octanol–water partition coefficient (Wildman–Crippen LogP) is 3.78. The van der Waals surface area contributed by atoms with E-state index in [4.69, 9.17) is 27.9 Å². The summed E-state index contributed by atoms with van der Waals surface area (Å²) in [6.45, 7) is 0. The summed E-state index contributed by atoms with van der Waals surface area (Å²) in [5.74, 6) is -0.595. The van der Waals surface area contributed by atoms with Gasteiger partial charge < -0.3 is 20.5 Å². The zero-order valence-electron chi connectivity index (χ0n) is 16.9. The number of benzene rings is 2. The van der Waals surface area contributed by atoms with Crippen molar-refractivity contribution in [3.05, 3.63) is 63.4 Å². The SMILES string of the molecule is O=C(N[C@H]1CC2(NC(=O)[C@H]3C[C@@H](O)c4cc(Cl)ccc4O3)CC1C2)c1ccc(Cl)c(F)c1. The number of nitrogens with one attached hydrogen (secondary N) is 2. The molecule has 2 aromatic carbocycles. The van der Waals surface area contributed by atoms with Crippen LogP contribution >= 0.6 is 23.2 Å². The molecule has 3 saturated carbocycles. The molecule has 0 saturated heterocycles. The molecule has 2 aromatic rings. The molecule has 0 unspecified atom stereocenters. The van der Waals surface area contributed by atoms with Crippen LogP contribution in [0.15, 0.2) is 36.4 Å². The van der Waals surface area contributed by atoms with Gasteiger partial charge in [-0.15, -0.1) is 0 Å². The molecule has 3 fully saturated rings. The van der Waals surface area contributed by atoms with Gasteiger partial charge in [-0.2, -0.15) is 0 Å². The van der Waals surface area contributed by atoms with Crippen LogP contribution in [-0.2, 0) is 4.79 Å². The van der Waals surface area contributed by atoms with E-state index in [0.717, 1.165) is 18.9 Å². The predicted molar refractivity (Wildman–Crippen MR) is 116 cm³/mol. The second-order valence-electron chi connectivity index (χ2n) is 8.89. The van der Waals surface area contributed by atoms with Crippen LogP contribution in [0.4, 0.5) is 4.39 Å². The quantitative estimate of drug-likeness (QED) is 0.623. The molecule has 4 aliphatic rings. The Morgan fingerprint density at radius 1 is 1.12 bits per heavy atom. The highest BCUT2D eigenvalue weighted by Crippen LogP contribution is 2.52. The van der Waals surface area contributed by atoms with Crippen molar-refractivity contribution < 1.29 is 23.8 Å². The number of halogens is 3. The van der Waals surface area contributed by atoms with Crippen molar-refractivity contribution >= 4 is 35.0 Å². The molecule has 9 heteroatoms. The van der Waals surface area contributed by atoms with Crippen LogP contribution in [0.5, 0.6) is 5.75 Å². The molecular weight excluding hydrogens is 458 g/mol. The molecule has 6 nitrogen and oxygen atoms in total. The number of hydrogen-bond donors (Lipinski definition) is 3. The van der Waals surface area contributed by atoms with Gasteiger partial charge in [0.25, 0.3) is 11.8 Å². The third-order valence-electron chi connectivity index (χ3n) is 6.70. The van der Waals surface area contributed by atoms with E-state index in [-0.39, 0.29) is 40.8 Å². The molecule has 6 rings (SSSR count). The van der Waals surface area contributed by atoms with Crippen LogP contribution in [0, 0.1) is 11.7 Å². The summed E-state index contributed by atoms with van der Waals surface area (Å²) in [7, 11) is 0. The zero-order valence-corrected chi connectivity index (χ0v) is 18.4. The molecule has 0 radical (unpaired) electrons. The topological polar surface area (TPSA) is 87.7 Å². The first-order chi connectivity index (χ1) is 15.2. The number of ether oxygens (including phenoxy) is 1. The number of aliphatic hydroxyl groups excluding tert-OH is 1. The maximum absolute atomic E-state index is 13.7. The lowest BCUT2D eigenvalue weighted by molar-refractivity contribution is -0.133. The van der Waals surface area contributed by atoms with Crippen LogP contribution in [-0.4, -0.2) is 34.6 Å². The third-order valence-corrected chi connectivity index (χ3v) is 7.24. The molecule has 3 N–H and O–H groups in total. The monoisotopic (exact) mass is 478 g/mol. The largest absolute Gasteiger partial charge is 0.480 e. The van der Waals surface area contributed by atoms with Gasteiger partial charge in [0.05, 0.1) is 11.1 Å². The Balaban J connectivity index is 1.20. The number of amides is 2. The first-order valence-corrected chi connectivity index (χ1v) is 11.2. The van der Waals surface area contributed by atoms with Crippen LogP contribution in [0.25, 0.3) is 0 Å². The Labute approximate surface area is 194 Å². The normalized spacial score (nSPS) is 30.0. The standard InChI is InChI=1S/C23H21Cl2FN2O4/c24-13-2-4-19-14(6-13)18(29)7-20(32-19)22(31)28-23-8-12(9-23)17(10-23)27-21(30)11-1-3-15(25)16(26)5-11/h1-6,12,17-18,20,29H,7-10H2,(H,27,30)(H,28,31)/t12?,17-,18+,20+,23?/m0/s1. The van der Waals surface area contributed by atoms with Crippen LogP contribution in [0.1, 0.15) is 47.7 Å². The van der Waals surface area contributed by atoms with E-state index in [1.807, 2.05) is 0 Å². The van der Waals surface area contributed by atoms with Gasteiger partial charge in [0.2, 0.25) is 0 Å². The molecule has 32 heavy (non-hydrogen) atoms. The van der Waals surface area contributed by atoms with E-state index in [0.29, 0.717) is 22.8 Å². The van der Waals surface area contributed by atoms with Crippen molar-refractivity contribution in [1.82, 2.24) is 10.6 Å².